The molecule has 2 unspecified atom stereocenters. The van der Waals surface area contributed by atoms with E-state index in [1.54, 1.807) is 17.0 Å². The van der Waals surface area contributed by atoms with E-state index < -0.39 is 34.9 Å². The van der Waals surface area contributed by atoms with Gasteiger partial charge < -0.3 is 15.4 Å². The fourth-order valence-corrected chi connectivity index (χ4v) is 7.31. The first-order valence-corrected chi connectivity index (χ1v) is 12.1. The maximum Gasteiger partial charge on any atom is 0.328 e. The van der Waals surface area contributed by atoms with E-state index >= 15 is 0 Å². The maximum atomic E-state index is 13.1. The molecule has 0 radical (unpaired) electrons. The number of aromatic nitrogens is 1. The van der Waals surface area contributed by atoms with E-state index in [2.05, 4.69) is 0 Å². The number of thiazole rings is 1. The third-order valence-electron chi connectivity index (χ3n) is 6.09. The van der Waals surface area contributed by atoms with Gasteiger partial charge in [0.2, 0.25) is 11.8 Å². The van der Waals surface area contributed by atoms with Gasteiger partial charge in [-0.15, -0.1) is 0 Å². The van der Waals surface area contributed by atoms with Gasteiger partial charge in [-0.25, -0.2) is 4.79 Å². The third kappa shape index (κ3) is 3.58. The van der Waals surface area contributed by atoms with E-state index in [4.69, 9.17) is 10.5 Å². The molecule has 10 nitrogen and oxygen atoms in total. The molecule has 0 saturated carbocycles. The molecule has 3 aliphatic heterocycles. The zero-order chi connectivity index (χ0) is 23.3. The van der Waals surface area contributed by atoms with Crippen molar-refractivity contribution >= 4 is 46.9 Å². The monoisotopic (exact) mass is 488 g/mol. The molecule has 4 heterocycles. The summed E-state index contributed by atoms with van der Waals surface area (Å²) in [4.78, 5) is 66.2. The molecule has 2 N–H and O–H groups in total. The van der Waals surface area contributed by atoms with Gasteiger partial charge in [-0.05, 0) is 5.56 Å². The molecule has 1 aromatic heterocycles. The molecule has 33 heavy (non-hydrogen) atoms. The molecule has 3 aliphatic rings. The minimum absolute atomic E-state index is 0.168. The van der Waals surface area contributed by atoms with Crippen LogP contribution in [0.4, 0.5) is 4.79 Å². The summed E-state index contributed by atoms with van der Waals surface area (Å²) in [5.41, 5.74) is 6.07. The van der Waals surface area contributed by atoms with Crippen molar-refractivity contribution < 1.29 is 23.9 Å². The lowest BCUT2D eigenvalue weighted by Crippen LogP contribution is -2.43. The van der Waals surface area contributed by atoms with Crippen LogP contribution in [0.5, 0.6) is 0 Å². The number of morpholine rings is 1. The Morgan fingerprint density at radius 1 is 1.06 bits per heavy atom. The molecular formula is C21H20N4O6S2. The van der Waals surface area contributed by atoms with Gasteiger partial charge in [0.15, 0.2) is 0 Å². The second kappa shape index (κ2) is 8.43. The standard InChI is InChI=1S/C21H20N4O6S2/c22-20(29)25-17(27)14-13(11-4-2-1-3-5-11)16-19(32-15(14)18(25)28)24(21(30)33-16)10-12(26)23-6-8-31-9-7-23/h1-5,13-15H,6-10H2,(H2,22,29)/t13-,14?,15?/m0/s1. The molecular weight excluding hydrogens is 468 g/mol. The van der Waals surface area contributed by atoms with Crippen LogP contribution in [0.2, 0.25) is 0 Å². The van der Waals surface area contributed by atoms with Crippen molar-refractivity contribution in [2.75, 3.05) is 26.3 Å². The number of urea groups is 1. The Labute approximate surface area is 196 Å². The minimum atomic E-state index is -1.12. The number of benzene rings is 1. The number of hydrogen-bond acceptors (Lipinski definition) is 8. The lowest BCUT2D eigenvalue weighted by Gasteiger charge is -2.31. The Bertz CT molecular complexity index is 1200. The average Bonchev–Trinajstić information content (AvgIpc) is 3.26. The summed E-state index contributed by atoms with van der Waals surface area (Å²) in [5.74, 6) is -3.05. The van der Waals surface area contributed by atoms with E-state index in [1.807, 2.05) is 18.2 Å². The highest BCUT2D eigenvalue weighted by atomic mass is 32.2. The molecule has 0 spiro atoms. The Morgan fingerprint density at radius 2 is 1.76 bits per heavy atom. The van der Waals surface area contributed by atoms with Crippen LogP contribution in [0.1, 0.15) is 16.4 Å². The number of fused-ring (bicyclic) bond motifs is 2. The van der Waals surface area contributed by atoms with Crippen molar-refractivity contribution in [2.24, 2.45) is 11.7 Å². The lowest BCUT2D eigenvalue weighted by atomic mass is 9.83. The minimum Gasteiger partial charge on any atom is -0.378 e. The number of nitrogens with two attached hydrogens (primary N) is 1. The fourth-order valence-electron chi connectivity index (χ4n) is 4.54. The fraction of sp³-hybridized carbons (Fsp3) is 0.381. The summed E-state index contributed by atoms with van der Waals surface area (Å²) in [6.45, 7) is 1.61. The van der Waals surface area contributed by atoms with E-state index in [0.717, 1.165) is 28.7 Å². The summed E-state index contributed by atoms with van der Waals surface area (Å²) >= 11 is 2.02. The Kier molecular flexibility index (Phi) is 5.59. The van der Waals surface area contributed by atoms with Crippen molar-refractivity contribution in [3.63, 3.8) is 0 Å². The van der Waals surface area contributed by atoms with Gasteiger partial charge in [-0.2, -0.15) is 4.90 Å². The van der Waals surface area contributed by atoms with Gasteiger partial charge >= 0.3 is 10.9 Å². The molecule has 2 aromatic rings. The van der Waals surface area contributed by atoms with Crippen LogP contribution >= 0.6 is 23.1 Å². The smallest absolute Gasteiger partial charge is 0.328 e. The molecule has 2 saturated heterocycles. The predicted molar refractivity (Wildman–Crippen MR) is 119 cm³/mol. The molecule has 0 aliphatic carbocycles. The lowest BCUT2D eigenvalue weighted by molar-refractivity contribution is -0.137. The number of ether oxygens (including phenoxy) is 1. The van der Waals surface area contributed by atoms with E-state index in [-0.39, 0.29) is 17.3 Å². The summed E-state index contributed by atoms with van der Waals surface area (Å²) in [5, 5.41) is -0.435. The summed E-state index contributed by atoms with van der Waals surface area (Å²) < 4.78 is 6.66. The van der Waals surface area contributed by atoms with Gasteiger partial charge in [0.25, 0.3) is 5.91 Å². The number of rotatable bonds is 3. The van der Waals surface area contributed by atoms with Crippen LogP contribution in [-0.4, -0.2) is 69.7 Å². The van der Waals surface area contributed by atoms with E-state index in [1.165, 1.54) is 4.57 Å². The van der Waals surface area contributed by atoms with Crippen molar-refractivity contribution in [2.45, 2.75) is 22.7 Å². The number of imide groups is 3. The zero-order valence-electron chi connectivity index (χ0n) is 17.3. The highest BCUT2D eigenvalue weighted by Gasteiger charge is 2.57. The van der Waals surface area contributed by atoms with Crippen molar-refractivity contribution in [1.82, 2.24) is 14.4 Å². The average molecular weight is 489 g/mol. The van der Waals surface area contributed by atoms with Crippen LogP contribution in [0, 0.1) is 5.92 Å². The predicted octanol–water partition coefficient (Wildman–Crippen LogP) is 0.439. The van der Waals surface area contributed by atoms with Crippen LogP contribution in [0.15, 0.2) is 40.2 Å². The van der Waals surface area contributed by atoms with Gasteiger partial charge in [-0.1, -0.05) is 53.4 Å². The topological polar surface area (TPSA) is 132 Å². The van der Waals surface area contributed by atoms with Gasteiger partial charge in [0.05, 0.1) is 24.2 Å². The van der Waals surface area contributed by atoms with Crippen molar-refractivity contribution in [1.29, 1.82) is 0 Å². The number of hydrogen-bond donors (Lipinski definition) is 1. The van der Waals surface area contributed by atoms with E-state index in [0.29, 0.717) is 41.1 Å². The quantitative estimate of drug-likeness (QED) is 0.620. The molecule has 1 aromatic carbocycles. The molecule has 0 bridgehead atoms. The number of amides is 5. The first-order valence-electron chi connectivity index (χ1n) is 10.4. The third-order valence-corrected chi connectivity index (χ3v) is 8.69. The van der Waals surface area contributed by atoms with Crippen molar-refractivity contribution in [3.8, 4) is 0 Å². The number of thioether (sulfide) groups is 1. The molecule has 2 fully saturated rings. The zero-order valence-corrected chi connectivity index (χ0v) is 19.0. The second-order valence-electron chi connectivity index (χ2n) is 7.92. The number of likely N-dealkylation sites (tertiary alicyclic amines) is 1. The van der Waals surface area contributed by atoms with Gasteiger partial charge in [0, 0.05) is 23.9 Å². The first-order chi connectivity index (χ1) is 15.9. The summed E-state index contributed by atoms with van der Waals surface area (Å²) in [6.07, 6.45) is 0. The number of nitrogens with zero attached hydrogens (tertiary/aromatic N) is 3. The van der Waals surface area contributed by atoms with Crippen LogP contribution < -0.4 is 10.6 Å². The molecule has 12 heteroatoms. The summed E-state index contributed by atoms with van der Waals surface area (Å²) in [7, 11) is 0. The van der Waals surface area contributed by atoms with Gasteiger partial charge in [-0.3, -0.25) is 23.7 Å². The second-order valence-corrected chi connectivity index (χ2v) is 10.0. The highest BCUT2D eigenvalue weighted by molar-refractivity contribution is 8.00. The normalized spacial score (nSPS) is 24.5. The Hall–Kier alpha value is -2.96. The molecule has 5 amide bonds. The largest absolute Gasteiger partial charge is 0.378 e. The van der Waals surface area contributed by atoms with E-state index in [9.17, 15) is 24.0 Å². The Balaban J connectivity index is 1.58. The van der Waals surface area contributed by atoms with Crippen molar-refractivity contribution in [3.05, 3.63) is 50.4 Å². The summed E-state index contributed by atoms with van der Waals surface area (Å²) in [6, 6.07) is 7.96. The number of carbonyl (C=O) groups excluding carboxylic acids is 4. The maximum absolute atomic E-state index is 13.1. The van der Waals surface area contributed by atoms with Crippen LogP contribution in [-0.2, 0) is 25.7 Å². The molecule has 5 rings (SSSR count). The van der Waals surface area contributed by atoms with Gasteiger partial charge in [0.1, 0.15) is 11.8 Å². The molecule has 3 atom stereocenters. The Morgan fingerprint density at radius 3 is 2.42 bits per heavy atom. The first kappa shape index (κ1) is 21.9. The number of primary amides is 1. The SMILES string of the molecule is NC(=O)N1C(=O)C2Sc3c(sc(=O)n3CC(=O)N3CCOCC3)[C@@H](c3ccccc3)C2C1=O. The van der Waals surface area contributed by atoms with Crippen LogP contribution in [0.3, 0.4) is 0 Å². The highest BCUT2D eigenvalue weighted by Crippen LogP contribution is 2.53. The van der Waals surface area contributed by atoms with Crippen LogP contribution in [0.25, 0.3) is 0 Å². The number of carbonyl (C=O) groups is 4. The molecule has 172 valence electrons.